The van der Waals surface area contributed by atoms with Gasteiger partial charge >= 0.3 is 6.09 Å². The third-order valence-corrected chi connectivity index (χ3v) is 5.29. The fourth-order valence-electron chi connectivity index (χ4n) is 3.81. The number of aliphatic hydroxyl groups is 1. The molecule has 0 saturated heterocycles. The van der Waals surface area contributed by atoms with Crippen LogP contribution in [0.25, 0.3) is 0 Å². The van der Waals surface area contributed by atoms with E-state index < -0.39 is 17.1 Å². The third kappa shape index (κ3) is 1.67. The molecule has 1 atom stereocenters. The lowest BCUT2D eigenvalue weighted by Gasteiger charge is -2.39. The van der Waals surface area contributed by atoms with Crippen LogP contribution < -0.4 is 5.32 Å². The first kappa shape index (κ1) is 14.1. The second-order valence-electron chi connectivity index (χ2n) is 6.36. The van der Waals surface area contributed by atoms with Gasteiger partial charge in [0.15, 0.2) is 5.78 Å². The van der Waals surface area contributed by atoms with Crippen molar-refractivity contribution in [3.63, 3.8) is 0 Å². The molecular weight excluding hydrogens is 270 g/mol. The number of carboxylic acid groups (broad SMARTS) is 1. The fourth-order valence-corrected chi connectivity index (χ4v) is 3.81. The van der Waals surface area contributed by atoms with Crippen LogP contribution in [-0.2, 0) is 4.79 Å². The van der Waals surface area contributed by atoms with Crippen molar-refractivity contribution in [3.05, 3.63) is 33.9 Å². The number of rotatable bonds is 2. The quantitative estimate of drug-likeness (QED) is 0.725. The Morgan fingerprint density at radius 2 is 2.00 bits per heavy atom. The summed E-state index contributed by atoms with van der Waals surface area (Å²) in [5.74, 6) is -0.245. The van der Waals surface area contributed by atoms with Crippen LogP contribution in [0.2, 0.25) is 0 Å². The van der Waals surface area contributed by atoms with Gasteiger partial charge in [-0.1, -0.05) is 5.57 Å². The summed E-state index contributed by atoms with van der Waals surface area (Å²) in [5.41, 5.74) is 2.29. The highest BCUT2D eigenvalue weighted by molar-refractivity contribution is 6.10. The molecular formula is C16H19NO4. The van der Waals surface area contributed by atoms with Gasteiger partial charge in [0.05, 0.1) is 0 Å². The molecule has 0 aliphatic heterocycles. The largest absolute Gasteiger partial charge is 0.465 e. The number of allylic oxidation sites excluding steroid dienone is 2. The minimum atomic E-state index is -1.36. The van der Waals surface area contributed by atoms with E-state index >= 15 is 0 Å². The highest BCUT2D eigenvalue weighted by Crippen LogP contribution is 2.64. The van der Waals surface area contributed by atoms with Crippen molar-refractivity contribution in [1.29, 1.82) is 0 Å². The number of nitrogens with one attached hydrogen (secondary N) is 1. The van der Waals surface area contributed by atoms with Gasteiger partial charge in [0.25, 0.3) is 0 Å². The van der Waals surface area contributed by atoms with Gasteiger partial charge in [-0.2, -0.15) is 0 Å². The molecule has 0 heterocycles. The Balaban J connectivity index is 2.10. The van der Waals surface area contributed by atoms with Gasteiger partial charge in [0.1, 0.15) is 5.60 Å². The van der Waals surface area contributed by atoms with Gasteiger partial charge in [-0.25, -0.2) is 4.79 Å². The predicted molar refractivity (Wildman–Crippen MR) is 76.8 cm³/mol. The molecule has 112 valence electrons. The van der Waals surface area contributed by atoms with Crippen molar-refractivity contribution in [2.45, 2.75) is 39.2 Å². The molecule has 21 heavy (non-hydrogen) atoms. The molecule has 1 amide bonds. The summed E-state index contributed by atoms with van der Waals surface area (Å²) >= 11 is 0. The third-order valence-electron chi connectivity index (χ3n) is 5.29. The predicted octanol–water partition coefficient (Wildman–Crippen LogP) is 1.94. The highest BCUT2D eigenvalue weighted by atomic mass is 16.4. The van der Waals surface area contributed by atoms with Gasteiger partial charge in [-0.3, -0.25) is 4.79 Å². The molecule has 5 heteroatoms. The number of ketones is 1. The average Bonchev–Trinajstić information content (AvgIpc) is 3.14. The number of carbonyl (C=O) groups is 2. The molecule has 3 aliphatic carbocycles. The fraction of sp³-hybridized carbons (Fsp3) is 0.500. The van der Waals surface area contributed by atoms with E-state index in [0.29, 0.717) is 5.57 Å². The van der Waals surface area contributed by atoms with E-state index in [1.165, 1.54) is 0 Å². The van der Waals surface area contributed by atoms with Crippen molar-refractivity contribution < 1.29 is 19.8 Å². The van der Waals surface area contributed by atoms with Crippen LogP contribution in [-0.4, -0.2) is 34.2 Å². The van der Waals surface area contributed by atoms with Crippen LogP contribution in [0.15, 0.2) is 33.9 Å². The molecule has 0 aromatic heterocycles. The molecule has 5 nitrogen and oxygen atoms in total. The van der Waals surface area contributed by atoms with E-state index in [9.17, 15) is 14.7 Å². The van der Waals surface area contributed by atoms with Crippen molar-refractivity contribution in [3.8, 4) is 0 Å². The Kier molecular flexibility index (Phi) is 2.73. The van der Waals surface area contributed by atoms with Gasteiger partial charge < -0.3 is 15.5 Å². The Morgan fingerprint density at radius 1 is 1.38 bits per heavy atom. The van der Waals surface area contributed by atoms with Crippen LogP contribution in [0.5, 0.6) is 0 Å². The normalized spacial score (nSPS) is 29.7. The molecule has 1 fully saturated rings. The van der Waals surface area contributed by atoms with E-state index in [2.05, 4.69) is 5.32 Å². The average molecular weight is 289 g/mol. The first-order valence-corrected chi connectivity index (χ1v) is 7.10. The minimum Gasteiger partial charge on any atom is -0.465 e. The topological polar surface area (TPSA) is 86.6 Å². The van der Waals surface area contributed by atoms with Crippen molar-refractivity contribution in [1.82, 2.24) is 5.32 Å². The first-order chi connectivity index (χ1) is 9.72. The number of fused-ring (bicyclic) bond motifs is 1. The van der Waals surface area contributed by atoms with Gasteiger partial charge in [-0.15, -0.1) is 0 Å². The summed E-state index contributed by atoms with van der Waals surface area (Å²) in [6.45, 7) is 5.61. The van der Waals surface area contributed by atoms with Crippen molar-refractivity contribution in [2.24, 2.45) is 5.41 Å². The standard InChI is InChI=1S/C16H19NO4/c1-8-6-10-12(11(8)7-17-14(19)20)9(2)16(4-5-16)15(3,21)13(10)18/h6,17,21H,4-5,7H2,1-3H3,(H,19,20). The number of Topliss-reactive ketones (excluding diaryl/α,β-unsaturated/α-hetero) is 1. The van der Waals surface area contributed by atoms with E-state index in [1.807, 2.05) is 13.8 Å². The lowest BCUT2D eigenvalue weighted by Crippen LogP contribution is -2.49. The SMILES string of the molecule is CC1=C(CNC(=O)O)C2=C(C)C3(CC3)C(C)(O)C(=O)C2=C1. The molecule has 1 spiro atoms. The van der Waals surface area contributed by atoms with E-state index in [-0.39, 0.29) is 12.3 Å². The van der Waals surface area contributed by atoms with Gasteiger partial charge in [0, 0.05) is 17.5 Å². The van der Waals surface area contributed by atoms with Crippen molar-refractivity contribution in [2.75, 3.05) is 6.54 Å². The Labute approximate surface area is 123 Å². The second kappa shape index (κ2) is 4.07. The van der Waals surface area contributed by atoms with Crippen LogP contribution >= 0.6 is 0 Å². The Bertz CT molecular complexity index is 660. The summed E-state index contributed by atoms with van der Waals surface area (Å²) < 4.78 is 0. The molecule has 3 rings (SSSR count). The van der Waals surface area contributed by atoms with Gasteiger partial charge in [-0.05, 0) is 56.4 Å². The number of hydrogen-bond donors (Lipinski definition) is 3. The van der Waals surface area contributed by atoms with Crippen molar-refractivity contribution >= 4 is 11.9 Å². The second-order valence-corrected chi connectivity index (χ2v) is 6.36. The maximum atomic E-state index is 12.6. The Hall–Kier alpha value is -1.88. The smallest absolute Gasteiger partial charge is 0.404 e. The number of amides is 1. The number of hydrogen-bond acceptors (Lipinski definition) is 3. The molecule has 3 N–H and O–H groups in total. The molecule has 1 unspecified atom stereocenters. The minimum absolute atomic E-state index is 0.180. The molecule has 1 saturated carbocycles. The van der Waals surface area contributed by atoms with E-state index in [0.717, 1.165) is 35.1 Å². The lowest BCUT2D eigenvalue weighted by molar-refractivity contribution is -0.137. The maximum Gasteiger partial charge on any atom is 0.404 e. The lowest BCUT2D eigenvalue weighted by atomic mass is 9.67. The van der Waals surface area contributed by atoms with E-state index in [1.54, 1.807) is 13.0 Å². The summed E-state index contributed by atoms with van der Waals surface area (Å²) in [7, 11) is 0. The molecule has 0 aromatic rings. The van der Waals surface area contributed by atoms with E-state index in [4.69, 9.17) is 5.11 Å². The summed E-state index contributed by atoms with van der Waals surface area (Å²) in [5, 5.41) is 21.9. The first-order valence-electron chi connectivity index (χ1n) is 7.10. The van der Waals surface area contributed by atoms with Crippen LogP contribution in [0.4, 0.5) is 4.79 Å². The van der Waals surface area contributed by atoms with Crippen LogP contribution in [0.1, 0.15) is 33.6 Å². The zero-order valence-electron chi connectivity index (χ0n) is 12.4. The zero-order valence-corrected chi connectivity index (χ0v) is 12.4. The monoisotopic (exact) mass is 289 g/mol. The molecule has 0 bridgehead atoms. The maximum absolute atomic E-state index is 12.6. The molecule has 0 radical (unpaired) electrons. The highest BCUT2D eigenvalue weighted by Gasteiger charge is 2.64. The summed E-state index contributed by atoms with van der Waals surface area (Å²) in [6, 6.07) is 0. The molecule has 3 aliphatic rings. The zero-order chi connectivity index (χ0) is 15.6. The Morgan fingerprint density at radius 3 is 2.52 bits per heavy atom. The van der Waals surface area contributed by atoms with Crippen LogP contribution in [0, 0.1) is 5.41 Å². The number of carbonyl (C=O) groups excluding carboxylic acids is 1. The molecule has 0 aromatic carbocycles. The van der Waals surface area contributed by atoms with Crippen LogP contribution in [0.3, 0.4) is 0 Å². The summed E-state index contributed by atoms with van der Waals surface area (Å²) in [6.07, 6.45) is 2.28. The van der Waals surface area contributed by atoms with Gasteiger partial charge in [0.2, 0.25) is 0 Å². The summed E-state index contributed by atoms with van der Waals surface area (Å²) in [4.78, 5) is 23.4.